The van der Waals surface area contributed by atoms with Crippen molar-refractivity contribution in [2.45, 2.75) is 19.3 Å². The normalized spacial score (nSPS) is 15.3. The van der Waals surface area contributed by atoms with Crippen molar-refractivity contribution in [1.29, 1.82) is 0 Å². The van der Waals surface area contributed by atoms with Crippen LogP contribution in [0.5, 0.6) is 0 Å². The molecule has 16 heavy (non-hydrogen) atoms. The maximum absolute atomic E-state index is 11.7. The molecular formula is C11H16N4O. The lowest BCUT2D eigenvalue weighted by Gasteiger charge is -2.25. The Hall–Kier alpha value is -1.65. The van der Waals surface area contributed by atoms with E-state index in [4.69, 9.17) is 0 Å². The lowest BCUT2D eigenvalue weighted by atomic mass is 9.85. The molecule has 0 saturated heterocycles. The van der Waals surface area contributed by atoms with Crippen molar-refractivity contribution in [2.75, 3.05) is 18.9 Å². The Balaban J connectivity index is 1.91. The molecule has 1 heterocycles. The van der Waals surface area contributed by atoms with Crippen molar-refractivity contribution in [3.05, 3.63) is 18.1 Å². The van der Waals surface area contributed by atoms with Gasteiger partial charge in [-0.05, 0) is 18.8 Å². The molecule has 1 aliphatic rings. The molecule has 0 unspecified atom stereocenters. The Morgan fingerprint density at radius 2 is 2.31 bits per heavy atom. The van der Waals surface area contributed by atoms with Crippen LogP contribution < -0.4 is 10.6 Å². The second kappa shape index (κ2) is 4.92. The fourth-order valence-corrected chi connectivity index (χ4v) is 1.62. The second-order valence-corrected chi connectivity index (χ2v) is 4.05. The van der Waals surface area contributed by atoms with Crippen molar-refractivity contribution < 1.29 is 4.79 Å². The molecule has 1 aromatic rings. The van der Waals surface area contributed by atoms with Gasteiger partial charge in [0.15, 0.2) is 0 Å². The van der Waals surface area contributed by atoms with Crippen LogP contribution in [0, 0.1) is 5.92 Å². The number of nitrogens with one attached hydrogen (secondary N) is 2. The summed E-state index contributed by atoms with van der Waals surface area (Å²) in [5.74, 6) is 1.12. The van der Waals surface area contributed by atoms with Gasteiger partial charge in [0.2, 0.25) is 0 Å². The summed E-state index contributed by atoms with van der Waals surface area (Å²) in [6.45, 7) is 0.754. The molecular weight excluding hydrogens is 204 g/mol. The molecule has 5 nitrogen and oxygen atoms in total. The highest BCUT2D eigenvalue weighted by molar-refractivity contribution is 5.92. The first kappa shape index (κ1) is 10.9. The molecule has 5 heteroatoms. The average Bonchev–Trinajstić information content (AvgIpc) is 2.27. The van der Waals surface area contributed by atoms with Crippen LogP contribution in [-0.4, -0.2) is 29.5 Å². The SMILES string of the molecule is CNc1cncc(C(=O)NCC2CCC2)n1. The molecule has 0 aromatic carbocycles. The number of hydrogen-bond donors (Lipinski definition) is 2. The van der Waals surface area contributed by atoms with Crippen molar-refractivity contribution in [1.82, 2.24) is 15.3 Å². The van der Waals surface area contributed by atoms with Gasteiger partial charge in [-0.3, -0.25) is 9.78 Å². The number of carbonyl (C=O) groups is 1. The minimum Gasteiger partial charge on any atom is -0.372 e. The number of amides is 1. The van der Waals surface area contributed by atoms with Crippen molar-refractivity contribution in [3.63, 3.8) is 0 Å². The summed E-state index contributed by atoms with van der Waals surface area (Å²) >= 11 is 0. The zero-order valence-electron chi connectivity index (χ0n) is 9.36. The number of nitrogens with zero attached hydrogens (tertiary/aromatic N) is 2. The van der Waals surface area contributed by atoms with Gasteiger partial charge >= 0.3 is 0 Å². The van der Waals surface area contributed by atoms with Gasteiger partial charge < -0.3 is 10.6 Å². The minimum atomic E-state index is -0.142. The van der Waals surface area contributed by atoms with E-state index >= 15 is 0 Å². The number of rotatable bonds is 4. The summed E-state index contributed by atoms with van der Waals surface area (Å²) in [5.41, 5.74) is 0.367. The molecule has 0 radical (unpaired) electrons. The molecule has 0 spiro atoms. The van der Waals surface area contributed by atoms with E-state index in [1.807, 2.05) is 0 Å². The highest BCUT2D eigenvalue weighted by Crippen LogP contribution is 2.25. The topological polar surface area (TPSA) is 66.9 Å². The molecule has 2 rings (SSSR count). The van der Waals surface area contributed by atoms with E-state index in [1.165, 1.54) is 25.5 Å². The molecule has 1 amide bonds. The Labute approximate surface area is 94.7 Å². The standard InChI is InChI=1S/C11H16N4O/c1-12-10-7-13-6-9(15-10)11(16)14-5-8-3-2-4-8/h6-8H,2-5H2,1H3,(H,12,15)(H,14,16). The van der Waals surface area contributed by atoms with Gasteiger partial charge in [-0.2, -0.15) is 0 Å². The van der Waals surface area contributed by atoms with E-state index in [2.05, 4.69) is 20.6 Å². The number of carbonyl (C=O) groups excluding carboxylic acids is 1. The van der Waals surface area contributed by atoms with E-state index in [1.54, 1.807) is 13.2 Å². The molecule has 1 aromatic heterocycles. The summed E-state index contributed by atoms with van der Waals surface area (Å²) in [5, 5.41) is 5.74. The second-order valence-electron chi connectivity index (χ2n) is 4.05. The third-order valence-corrected chi connectivity index (χ3v) is 2.90. The van der Waals surface area contributed by atoms with E-state index in [0.717, 1.165) is 6.54 Å². The lowest BCUT2D eigenvalue weighted by molar-refractivity contribution is 0.0934. The van der Waals surface area contributed by atoms with Gasteiger partial charge in [0.05, 0.1) is 12.4 Å². The monoisotopic (exact) mass is 220 g/mol. The summed E-state index contributed by atoms with van der Waals surface area (Å²) < 4.78 is 0. The molecule has 1 saturated carbocycles. The molecule has 0 aliphatic heterocycles. The van der Waals surface area contributed by atoms with Crippen molar-refractivity contribution in [3.8, 4) is 0 Å². The van der Waals surface area contributed by atoms with Crippen LogP contribution in [0.3, 0.4) is 0 Å². The van der Waals surface area contributed by atoms with Gasteiger partial charge in [-0.1, -0.05) is 6.42 Å². The van der Waals surface area contributed by atoms with E-state index < -0.39 is 0 Å². The van der Waals surface area contributed by atoms with Gasteiger partial charge in [0, 0.05) is 13.6 Å². The highest BCUT2D eigenvalue weighted by Gasteiger charge is 2.18. The number of aromatic nitrogens is 2. The van der Waals surface area contributed by atoms with Crippen LogP contribution in [0.2, 0.25) is 0 Å². The fourth-order valence-electron chi connectivity index (χ4n) is 1.62. The van der Waals surface area contributed by atoms with Crippen molar-refractivity contribution in [2.24, 2.45) is 5.92 Å². The zero-order valence-corrected chi connectivity index (χ0v) is 9.36. The van der Waals surface area contributed by atoms with Gasteiger partial charge in [-0.25, -0.2) is 4.98 Å². The van der Waals surface area contributed by atoms with Crippen LogP contribution in [-0.2, 0) is 0 Å². The molecule has 1 aliphatic carbocycles. The van der Waals surface area contributed by atoms with Crippen molar-refractivity contribution >= 4 is 11.7 Å². The Morgan fingerprint density at radius 3 is 2.94 bits per heavy atom. The van der Waals surface area contributed by atoms with Crippen LogP contribution in [0.4, 0.5) is 5.82 Å². The number of anilines is 1. The Morgan fingerprint density at radius 1 is 1.50 bits per heavy atom. The van der Waals surface area contributed by atoms with Crippen LogP contribution in [0.15, 0.2) is 12.4 Å². The third kappa shape index (κ3) is 2.48. The third-order valence-electron chi connectivity index (χ3n) is 2.90. The van der Waals surface area contributed by atoms with E-state index in [-0.39, 0.29) is 5.91 Å². The fraction of sp³-hybridized carbons (Fsp3) is 0.545. The summed E-state index contributed by atoms with van der Waals surface area (Å²) in [6, 6.07) is 0. The first-order valence-electron chi connectivity index (χ1n) is 5.57. The van der Waals surface area contributed by atoms with Gasteiger partial charge in [-0.15, -0.1) is 0 Å². The zero-order chi connectivity index (χ0) is 11.4. The quantitative estimate of drug-likeness (QED) is 0.796. The molecule has 1 fully saturated rings. The lowest BCUT2D eigenvalue weighted by Crippen LogP contribution is -2.32. The van der Waals surface area contributed by atoms with E-state index in [9.17, 15) is 4.79 Å². The summed E-state index contributed by atoms with van der Waals surface area (Å²) in [6.07, 6.45) is 6.81. The largest absolute Gasteiger partial charge is 0.372 e. The molecule has 0 atom stereocenters. The molecule has 86 valence electrons. The maximum atomic E-state index is 11.7. The first-order chi connectivity index (χ1) is 7.79. The van der Waals surface area contributed by atoms with Gasteiger partial charge in [0.25, 0.3) is 5.91 Å². The molecule has 0 bridgehead atoms. The average molecular weight is 220 g/mol. The smallest absolute Gasteiger partial charge is 0.271 e. The van der Waals surface area contributed by atoms with E-state index in [0.29, 0.717) is 17.4 Å². The summed E-state index contributed by atoms with van der Waals surface area (Å²) in [7, 11) is 1.75. The first-order valence-corrected chi connectivity index (χ1v) is 5.57. The Kier molecular flexibility index (Phi) is 3.34. The summed E-state index contributed by atoms with van der Waals surface area (Å²) in [4.78, 5) is 19.8. The predicted octanol–water partition coefficient (Wildman–Crippen LogP) is 1.05. The molecule has 2 N–H and O–H groups in total. The van der Waals surface area contributed by atoms with Crippen LogP contribution in [0.1, 0.15) is 29.8 Å². The Bertz CT molecular complexity index is 376. The van der Waals surface area contributed by atoms with Crippen LogP contribution >= 0.6 is 0 Å². The maximum Gasteiger partial charge on any atom is 0.271 e. The van der Waals surface area contributed by atoms with Crippen LogP contribution in [0.25, 0.3) is 0 Å². The van der Waals surface area contributed by atoms with Gasteiger partial charge in [0.1, 0.15) is 11.5 Å². The number of hydrogen-bond acceptors (Lipinski definition) is 4. The highest BCUT2D eigenvalue weighted by atomic mass is 16.1. The minimum absolute atomic E-state index is 0.142. The predicted molar refractivity (Wildman–Crippen MR) is 61.3 cm³/mol.